The van der Waals surface area contributed by atoms with Crippen molar-refractivity contribution in [1.29, 1.82) is 0 Å². The monoisotopic (exact) mass is 569 g/mol. The number of ether oxygens (including phenoxy) is 2. The van der Waals surface area contributed by atoms with Crippen LogP contribution in [0, 0.1) is 17.3 Å². The third kappa shape index (κ3) is 4.13. The normalized spacial score (nSPS) is 33.3. The predicted molar refractivity (Wildman–Crippen MR) is 159 cm³/mol. The molecule has 42 heavy (non-hydrogen) atoms. The zero-order valence-corrected chi connectivity index (χ0v) is 24.8. The van der Waals surface area contributed by atoms with E-state index in [1.54, 1.807) is 6.26 Å². The lowest BCUT2D eigenvalue weighted by Crippen LogP contribution is -2.65. The average Bonchev–Trinajstić information content (AvgIpc) is 3.66. The van der Waals surface area contributed by atoms with Crippen LogP contribution in [0.3, 0.4) is 0 Å². The molecule has 2 bridgehead atoms. The number of rotatable bonds is 6. The second-order valence-corrected chi connectivity index (χ2v) is 14.1. The highest BCUT2D eigenvalue weighted by Crippen LogP contribution is 2.65. The molecular formula is C34H40BNO6. The van der Waals surface area contributed by atoms with Crippen molar-refractivity contribution in [3.63, 3.8) is 0 Å². The Bertz CT molecular complexity index is 1520. The number of furan rings is 1. The SMILES string of the molecule is CC1(C)[C@@H]2C[C@H]3OB([C@H](Cc4coc5ccccc45)NC(=O)Cc4ccc5c(c4)C4(CCCOC4)OC5)O[C@@]3(C)[C@H]1C2. The van der Waals surface area contributed by atoms with Gasteiger partial charge in [0.25, 0.3) is 0 Å². The van der Waals surface area contributed by atoms with Gasteiger partial charge in [-0.2, -0.15) is 0 Å². The minimum Gasteiger partial charge on any atom is -0.464 e. The molecule has 5 fully saturated rings. The molecular weight excluding hydrogens is 529 g/mol. The Morgan fingerprint density at radius 1 is 1.14 bits per heavy atom. The first kappa shape index (κ1) is 26.9. The molecule has 1 amide bonds. The van der Waals surface area contributed by atoms with E-state index in [4.69, 9.17) is 23.2 Å². The quantitative estimate of drug-likeness (QED) is 0.395. The zero-order valence-electron chi connectivity index (χ0n) is 24.8. The van der Waals surface area contributed by atoms with Gasteiger partial charge in [-0.05, 0) is 84.6 Å². The molecule has 3 saturated carbocycles. The van der Waals surface area contributed by atoms with Crippen molar-refractivity contribution in [2.45, 2.75) is 89.2 Å². The maximum absolute atomic E-state index is 13.7. The second kappa shape index (κ2) is 9.68. The average molecular weight is 570 g/mol. The Morgan fingerprint density at radius 2 is 2.02 bits per heavy atom. The van der Waals surface area contributed by atoms with Gasteiger partial charge in [-0.25, -0.2) is 0 Å². The fourth-order valence-corrected chi connectivity index (χ4v) is 8.83. The molecule has 220 valence electrons. The molecule has 1 spiro atoms. The first-order valence-electron chi connectivity index (χ1n) is 15.7. The summed E-state index contributed by atoms with van der Waals surface area (Å²) in [6.45, 7) is 8.91. The number of amides is 1. The van der Waals surface area contributed by atoms with Gasteiger partial charge >= 0.3 is 7.12 Å². The van der Waals surface area contributed by atoms with Gasteiger partial charge in [0.2, 0.25) is 5.91 Å². The van der Waals surface area contributed by atoms with E-state index >= 15 is 0 Å². The summed E-state index contributed by atoms with van der Waals surface area (Å²) in [5, 5.41) is 4.39. The van der Waals surface area contributed by atoms with E-state index in [0.717, 1.165) is 48.0 Å². The van der Waals surface area contributed by atoms with E-state index in [2.05, 4.69) is 50.4 Å². The van der Waals surface area contributed by atoms with Crippen LogP contribution >= 0.6 is 0 Å². The van der Waals surface area contributed by atoms with Crippen LogP contribution in [0.5, 0.6) is 0 Å². The fourth-order valence-electron chi connectivity index (χ4n) is 8.83. The Morgan fingerprint density at radius 3 is 2.86 bits per heavy atom. The molecule has 1 N–H and O–H groups in total. The topological polar surface area (TPSA) is 79.2 Å². The molecule has 4 heterocycles. The first-order chi connectivity index (χ1) is 20.2. The number of fused-ring (bicyclic) bond motifs is 3. The van der Waals surface area contributed by atoms with E-state index in [-0.39, 0.29) is 41.0 Å². The van der Waals surface area contributed by atoms with Gasteiger partial charge in [0.15, 0.2) is 0 Å². The van der Waals surface area contributed by atoms with Gasteiger partial charge in [-0.1, -0.05) is 50.2 Å². The molecule has 7 nitrogen and oxygen atoms in total. The minimum atomic E-state index is -0.524. The largest absolute Gasteiger partial charge is 0.482 e. The molecule has 2 saturated heterocycles. The van der Waals surface area contributed by atoms with Crippen molar-refractivity contribution in [2.75, 3.05) is 13.2 Å². The maximum atomic E-state index is 13.7. The number of hydrogen-bond donors (Lipinski definition) is 1. The Balaban J connectivity index is 1.05. The van der Waals surface area contributed by atoms with E-state index in [1.165, 1.54) is 17.5 Å². The standard InChI is InChI=1S/C34H40BNO6/c1-32(2)24-16-28(32)33(3)29(17-24)41-35(42-33)30(15-23-18-39-27-8-5-4-7-25(23)27)36-31(37)14-21-9-10-22-19-40-34(26(22)13-21)11-6-12-38-20-34/h4-5,7-10,13,18,24,28-30H,6,11-12,14-17,19-20H2,1-3H3,(H,36,37)/t24-,28-,29+,30-,33-,34?/m0/s1. The van der Waals surface area contributed by atoms with Crippen LogP contribution in [0.25, 0.3) is 11.0 Å². The highest BCUT2D eigenvalue weighted by Gasteiger charge is 2.68. The molecule has 2 aromatic carbocycles. The van der Waals surface area contributed by atoms with Crippen molar-refractivity contribution in [1.82, 2.24) is 5.32 Å². The maximum Gasteiger partial charge on any atom is 0.482 e. The molecule has 3 aliphatic heterocycles. The van der Waals surface area contributed by atoms with Crippen LogP contribution in [-0.4, -0.2) is 43.9 Å². The van der Waals surface area contributed by atoms with Gasteiger partial charge in [0.05, 0.1) is 43.5 Å². The lowest BCUT2D eigenvalue weighted by molar-refractivity contribution is -0.199. The number of hydrogen-bond acceptors (Lipinski definition) is 6. The van der Waals surface area contributed by atoms with Crippen molar-refractivity contribution < 1.29 is 28.0 Å². The summed E-state index contributed by atoms with van der Waals surface area (Å²) in [6.07, 6.45) is 6.82. The lowest BCUT2D eigenvalue weighted by Gasteiger charge is -2.64. The van der Waals surface area contributed by atoms with Gasteiger partial charge in [0, 0.05) is 12.0 Å². The van der Waals surface area contributed by atoms with E-state index in [1.807, 2.05) is 18.2 Å². The molecule has 1 unspecified atom stereocenters. The van der Waals surface area contributed by atoms with Crippen molar-refractivity contribution >= 4 is 24.0 Å². The number of carbonyl (C=O) groups excluding carboxylic acids is 1. The van der Waals surface area contributed by atoms with Crippen LogP contribution in [0.1, 0.15) is 68.7 Å². The summed E-state index contributed by atoms with van der Waals surface area (Å²) in [7, 11) is -0.524. The van der Waals surface area contributed by atoms with E-state index in [9.17, 15) is 4.79 Å². The number of carbonyl (C=O) groups is 1. The van der Waals surface area contributed by atoms with Crippen LogP contribution < -0.4 is 5.32 Å². The third-order valence-electron chi connectivity index (χ3n) is 11.4. The predicted octanol–water partition coefficient (Wildman–Crippen LogP) is 5.51. The molecule has 6 aliphatic rings. The Kier molecular flexibility index (Phi) is 6.21. The molecule has 8 heteroatoms. The Labute approximate surface area is 247 Å². The van der Waals surface area contributed by atoms with Crippen molar-refractivity contribution in [2.24, 2.45) is 17.3 Å². The van der Waals surface area contributed by atoms with E-state index < -0.39 is 7.12 Å². The van der Waals surface area contributed by atoms with Gasteiger partial charge in [-0.3, -0.25) is 4.79 Å². The summed E-state index contributed by atoms with van der Waals surface area (Å²) < 4.78 is 31.4. The highest BCUT2D eigenvalue weighted by molar-refractivity contribution is 6.48. The van der Waals surface area contributed by atoms with Gasteiger partial charge in [0.1, 0.15) is 11.2 Å². The molecule has 3 aliphatic carbocycles. The number of nitrogens with one attached hydrogen (secondary N) is 1. The summed E-state index contributed by atoms with van der Waals surface area (Å²) in [5.74, 6) is 0.722. The molecule has 6 atom stereocenters. The van der Waals surface area contributed by atoms with Crippen LogP contribution in [-0.2, 0) is 48.6 Å². The number of benzene rings is 2. The molecule has 1 aromatic heterocycles. The zero-order chi connectivity index (χ0) is 28.7. The molecule has 9 rings (SSSR count). The van der Waals surface area contributed by atoms with E-state index in [0.29, 0.717) is 31.5 Å². The second-order valence-electron chi connectivity index (χ2n) is 14.1. The molecule has 0 radical (unpaired) electrons. The first-order valence-corrected chi connectivity index (χ1v) is 15.7. The van der Waals surface area contributed by atoms with Crippen LogP contribution in [0.4, 0.5) is 0 Å². The lowest BCUT2D eigenvalue weighted by atomic mass is 9.43. The smallest absolute Gasteiger partial charge is 0.464 e. The Hall–Kier alpha value is -2.65. The van der Waals surface area contributed by atoms with Gasteiger partial charge < -0.3 is 28.5 Å². The van der Waals surface area contributed by atoms with Crippen molar-refractivity contribution in [3.05, 3.63) is 71.0 Å². The molecule has 3 aromatic rings. The fraction of sp³-hybridized carbons (Fsp3) is 0.559. The van der Waals surface area contributed by atoms with Crippen LogP contribution in [0.2, 0.25) is 0 Å². The summed E-state index contributed by atoms with van der Waals surface area (Å²) in [5.41, 5.74) is 4.76. The summed E-state index contributed by atoms with van der Waals surface area (Å²) in [4.78, 5) is 13.7. The summed E-state index contributed by atoms with van der Waals surface area (Å²) in [6, 6.07) is 14.4. The summed E-state index contributed by atoms with van der Waals surface area (Å²) >= 11 is 0. The van der Waals surface area contributed by atoms with Crippen molar-refractivity contribution in [3.8, 4) is 0 Å². The van der Waals surface area contributed by atoms with Gasteiger partial charge in [-0.15, -0.1) is 0 Å². The minimum absolute atomic E-state index is 0.0440. The third-order valence-corrected chi connectivity index (χ3v) is 11.4. The number of para-hydroxylation sites is 1. The highest BCUT2D eigenvalue weighted by atomic mass is 16.7. The van der Waals surface area contributed by atoms with Crippen LogP contribution in [0.15, 0.2) is 53.1 Å².